The highest BCUT2D eigenvalue weighted by molar-refractivity contribution is 9.10. The number of halogens is 2. The van der Waals surface area contributed by atoms with Gasteiger partial charge in [-0.15, -0.1) is 0 Å². The number of nitrogens with zero attached hydrogens (tertiary/aromatic N) is 1. The zero-order valence-corrected chi connectivity index (χ0v) is 21.7. The topological polar surface area (TPSA) is 61.4 Å². The highest BCUT2D eigenvalue weighted by atomic mass is 79.9. The molecular formula is C26H33BrClN3O2. The minimum Gasteiger partial charge on any atom is -0.353 e. The summed E-state index contributed by atoms with van der Waals surface area (Å²) in [6, 6.07) is 16.1. The second kappa shape index (κ2) is 12.0. The molecule has 0 radical (unpaired) electrons. The summed E-state index contributed by atoms with van der Waals surface area (Å²) in [5.74, 6) is -0.156. The number of nitrogens with one attached hydrogen (secondary N) is 2. The van der Waals surface area contributed by atoms with Gasteiger partial charge in [-0.25, -0.2) is 0 Å². The molecule has 2 N–H and O–H groups in total. The van der Waals surface area contributed by atoms with Crippen LogP contribution in [0.25, 0.3) is 0 Å². The Balaban J connectivity index is 1.41. The van der Waals surface area contributed by atoms with Gasteiger partial charge in [-0.2, -0.15) is 0 Å². The maximum Gasteiger partial charge on any atom is 0.220 e. The standard InChI is InChI=1S/C26H33BrClN3O2/c1-31(2)26(17-19-6-8-22(28)9-7-19)14-12-23(13-15-26)30-25(33)11-10-24(32)29-18-20-4-3-5-21(27)16-20/h3-9,16,23H,10-15,17-18H2,1-2H3,(H,29,32)(H,30,33). The van der Waals surface area contributed by atoms with Gasteiger partial charge in [0.05, 0.1) is 0 Å². The van der Waals surface area contributed by atoms with Crippen molar-refractivity contribution < 1.29 is 9.59 Å². The van der Waals surface area contributed by atoms with E-state index >= 15 is 0 Å². The Morgan fingerprint density at radius 3 is 2.33 bits per heavy atom. The lowest BCUT2D eigenvalue weighted by Crippen LogP contribution is -2.52. The number of likely N-dealkylation sites (N-methyl/N-ethyl adjacent to an activating group) is 1. The van der Waals surface area contributed by atoms with Crippen LogP contribution in [-0.2, 0) is 22.6 Å². The molecule has 1 saturated carbocycles. The first-order chi connectivity index (χ1) is 15.8. The Morgan fingerprint density at radius 2 is 1.70 bits per heavy atom. The quantitative estimate of drug-likeness (QED) is 0.470. The molecule has 0 aliphatic heterocycles. The first kappa shape index (κ1) is 25.7. The van der Waals surface area contributed by atoms with E-state index in [0.29, 0.717) is 6.54 Å². The average Bonchev–Trinajstić information content (AvgIpc) is 2.79. The number of carbonyl (C=O) groups excluding carboxylic acids is 2. The molecular weight excluding hydrogens is 502 g/mol. The van der Waals surface area contributed by atoms with Crippen LogP contribution in [0, 0.1) is 0 Å². The summed E-state index contributed by atoms with van der Waals surface area (Å²) in [6.07, 6.45) is 5.28. The van der Waals surface area contributed by atoms with Gasteiger partial charge in [0.15, 0.2) is 0 Å². The lowest BCUT2D eigenvalue weighted by Gasteiger charge is -2.45. The van der Waals surface area contributed by atoms with Gasteiger partial charge in [-0.3, -0.25) is 9.59 Å². The van der Waals surface area contributed by atoms with Gasteiger partial charge < -0.3 is 15.5 Å². The molecule has 0 bridgehead atoms. The van der Waals surface area contributed by atoms with Crippen LogP contribution in [0.1, 0.15) is 49.7 Å². The first-order valence-electron chi connectivity index (χ1n) is 11.5. The van der Waals surface area contributed by atoms with Crippen molar-refractivity contribution in [1.29, 1.82) is 0 Å². The van der Waals surface area contributed by atoms with Gasteiger partial charge in [0, 0.05) is 40.5 Å². The number of benzene rings is 2. The van der Waals surface area contributed by atoms with Gasteiger partial charge in [0.25, 0.3) is 0 Å². The lowest BCUT2D eigenvalue weighted by molar-refractivity contribution is -0.127. The van der Waals surface area contributed by atoms with Crippen molar-refractivity contribution in [2.75, 3.05) is 14.1 Å². The molecule has 2 aromatic carbocycles. The van der Waals surface area contributed by atoms with Crippen molar-refractivity contribution >= 4 is 39.3 Å². The minimum absolute atomic E-state index is 0.0485. The van der Waals surface area contributed by atoms with E-state index in [-0.39, 0.29) is 36.2 Å². The number of rotatable bonds is 9. The summed E-state index contributed by atoms with van der Waals surface area (Å²) >= 11 is 9.46. The van der Waals surface area contributed by atoms with Crippen LogP contribution in [0.5, 0.6) is 0 Å². The van der Waals surface area contributed by atoms with Crippen molar-refractivity contribution in [1.82, 2.24) is 15.5 Å². The molecule has 0 spiro atoms. The van der Waals surface area contributed by atoms with Gasteiger partial charge in [-0.1, -0.05) is 51.8 Å². The van der Waals surface area contributed by atoms with E-state index < -0.39 is 0 Å². The predicted octanol–water partition coefficient (Wildman–Crippen LogP) is 5.10. The zero-order chi connectivity index (χ0) is 23.8. The van der Waals surface area contributed by atoms with Crippen molar-refractivity contribution in [2.24, 2.45) is 0 Å². The number of hydrogen-bond donors (Lipinski definition) is 2. The third-order valence-electron chi connectivity index (χ3n) is 6.63. The van der Waals surface area contributed by atoms with E-state index in [4.69, 9.17) is 11.6 Å². The fourth-order valence-electron chi connectivity index (χ4n) is 4.53. The van der Waals surface area contributed by atoms with Gasteiger partial charge in [0.1, 0.15) is 0 Å². The van der Waals surface area contributed by atoms with Crippen LogP contribution in [0.4, 0.5) is 0 Å². The van der Waals surface area contributed by atoms with Crippen LogP contribution in [0.3, 0.4) is 0 Å². The third-order valence-corrected chi connectivity index (χ3v) is 7.38. The molecule has 7 heteroatoms. The summed E-state index contributed by atoms with van der Waals surface area (Å²) in [4.78, 5) is 26.9. The minimum atomic E-state index is -0.108. The van der Waals surface area contributed by atoms with Crippen LogP contribution in [0.2, 0.25) is 5.02 Å². The molecule has 178 valence electrons. The first-order valence-corrected chi connectivity index (χ1v) is 12.7. The van der Waals surface area contributed by atoms with E-state index in [1.807, 2.05) is 36.4 Å². The maximum absolute atomic E-state index is 12.4. The Bertz CT molecular complexity index is 941. The smallest absolute Gasteiger partial charge is 0.220 e. The van der Waals surface area contributed by atoms with E-state index in [0.717, 1.165) is 47.2 Å². The van der Waals surface area contributed by atoms with Crippen molar-refractivity contribution in [3.05, 3.63) is 69.2 Å². The molecule has 1 aliphatic rings. The van der Waals surface area contributed by atoms with E-state index in [2.05, 4.69) is 57.7 Å². The van der Waals surface area contributed by atoms with E-state index in [1.165, 1.54) is 5.56 Å². The molecule has 0 saturated heterocycles. The monoisotopic (exact) mass is 533 g/mol. The summed E-state index contributed by atoms with van der Waals surface area (Å²) in [7, 11) is 4.28. The van der Waals surface area contributed by atoms with E-state index in [1.54, 1.807) is 0 Å². The second-order valence-electron chi connectivity index (χ2n) is 9.17. The molecule has 3 rings (SSSR count). The molecule has 0 atom stereocenters. The summed E-state index contributed by atoms with van der Waals surface area (Å²) in [5.41, 5.74) is 2.39. The number of amides is 2. The maximum atomic E-state index is 12.4. The fourth-order valence-corrected chi connectivity index (χ4v) is 5.10. The molecule has 33 heavy (non-hydrogen) atoms. The largest absolute Gasteiger partial charge is 0.353 e. The molecule has 1 aliphatic carbocycles. The second-order valence-corrected chi connectivity index (χ2v) is 10.5. The molecule has 0 aromatic heterocycles. The van der Waals surface area contributed by atoms with Gasteiger partial charge in [-0.05, 0) is 81.6 Å². The normalized spacial score (nSPS) is 20.5. The van der Waals surface area contributed by atoms with Gasteiger partial charge >= 0.3 is 0 Å². The van der Waals surface area contributed by atoms with Crippen LogP contribution in [0.15, 0.2) is 53.0 Å². The Kier molecular flexibility index (Phi) is 9.36. The molecule has 0 heterocycles. The SMILES string of the molecule is CN(C)C1(Cc2ccc(Cl)cc2)CCC(NC(=O)CCC(=O)NCc2cccc(Br)c2)CC1. The summed E-state index contributed by atoms with van der Waals surface area (Å²) in [6.45, 7) is 0.461. The Morgan fingerprint density at radius 1 is 1.03 bits per heavy atom. The predicted molar refractivity (Wildman–Crippen MR) is 137 cm³/mol. The highest BCUT2D eigenvalue weighted by Gasteiger charge is 2.37. The number of carbonyl (C=O) groups is 2. The fraction of sp³-hybridized carbons (Fsp3) is 0.462. The van der Waals surface area contributed by atoms with Crippen molar-refractivity contribution in [3.63, 3.8) is 0 Å². The molecule has 2 amide bonds. The summed E-state index contributed by atoms with van der Waals surface area (Å²) < 4.78 is 0.979. The Labute approximate surface area is 210 Å². The van der Waals surface area contributed by atoms with Crippen LogP contribution in [-0.4, -0.2) is 42.4 Å². The average molecular weight is 535 g/mol. The highest BCUT2D eigenvalue weighted by Crippen LogP contribution is 2.35. The lowest BCUT2D eigenvalue weighted by atomic mass is 9.75. The van der Waals surface area contributed by atoms with Crippen molar-refractivity contribution in [3.8, 4) is 0 Å². The Hall–Kier alpha value is -1.89. The zero-order valence-electron chi connectivity index (χ0n) is 19.4. The van der Waals surface area contributed by atoms with Gasteiger partial charge in [0.2, 0.25) is 11.8 Å². The summed E-state index contributed by atoms with van der Waals surface area (Å²) in [5, 5.41) is 6.78. The third kappa shape index (κ3) is 7.83. The van der Waals surface area contributed by atoms with Crippen molar-refractivity contribution in [2.45, 2.75) is 63.1 Å². The molecule has 2 aromatic rings. The van der Waals surface area contributed by atoms with E-state index in [9.17, 15) is 9.59 Å². The van der Waals surface area contributed by atoms with Crippen LogP contribution < -0.4 is 10.6 Å². The van der Waals surface area contributed by atoms with Crippen LogP contribution >= 0.6 is 27.5 Å². The molecule has 0 unspecified atom stereocenters. The number of hydrogen-bond acceptors (Lipinski definition) is 3. The molecule has 5 nitrogen and oxygen atoms in total. The molecule has 1 fully saturated rings.